The van der Waals surface area contributed by atoms with Crippen LogP contribution in [0.5, 0.6) is 17.2 Å². The van der Waals surface area contributed by atoms with Crippen molar-refractivity contribution in [1.82, 2.24) is 0 Å². The van der Waals surface area contributed by atoms with Crippen LogP contribution in [0.4, 0.5) is 0 Å². The molecule has 0 saturated heterocycles. The van der Waals surface area contributed by atoms with Crippen LogP contribution in [-0.2, 0) is 14.5 Å². The largest absolute Gasteiger partial charge is 0.496 e. The Morgan fingerprint density at radius 2 is 1.04 bits per heavy atom. The Bertz CT molecular complexity index is 2140. The minimum Gasteiger partial charge on any atom is -0.496 e. The molecular weight excluding hydrogens is 666 g/mol. The van der Waals surface area contributed by atoms with E-state index >= 15 is 0 Å². The Hall–Kier alpha value is -4.66. The van der Waals surface area contributed by atoms with Gasteiger partial charge in [-0.15, -0.1) is 0 Å². The van der Waals surface area contributed by atoms with E-state index in [0.717, 1.165) is 5.56 Å². The molecule has 5 aromatic rings. The van der Waals surface area contributed by atoms with Crippen LogP contribution in [0.25, 0.3) is 0 Å². The lowest BCUT2D eigenvalue weighted by molar-refractivity contribution is 0.103. The van der Waals surface area contributed by atoms with E-state index in [1.54, 1.807) is 62.4 Å². The molecule has 4 N–H and O–H groups in total. The molecule has 0 atom stereocenters. The second-order valence-corrected chi connectivity index (χ2v) is 15.2. The Kier molecular flexibility index (Phi) is 9.96. The van der Waals surface area contributed by atoms with Gasteiger partial charge in [0, 0.05) is 27.7 Å². The van der Waals surface area contributed by atoms with Gasteiger partial charge in [0.1, 0.15) is 27.9 Å². The summed E-state index contributed by atoms with van der Waals surface area (Å²) in [6, 6.07) is 28.4. The second kappa shape index (κ2) is 13.7. The number of carbonyl (C=O) groups excluding carboxylic acids is 2. The Labute approximate surface area is 283 Å². The summed E-state index contributed by atoms with van der Waals surface area (Å²) in [6.07, 6.45) is 0. The predicted molar refractivity (Wildman–Crippen MR) is 186 cm³/mol. The Morgan fingerprint density at radius 1 is 0.592 bits per heavy atom. The van der Waals surface area contributed by atoms with Crippen LogP contribution < -0.4 is 20.1 Å². The molecule has 0 aliphatic heterocycles. The molecule has 0 bridgehead atoms. The van der Waals surface area contributed by atoms with Crippen molar-refractivity contribution >= 4 is 37.4 Å². The first-order valence-electron chi connectivity index (χ1n) is 15.0. The summed E-state index contributed by atoms with van der Waals surface area (Å²) in [7, 11) is -8.28. The highest BCUT2D eigenvalue weighted by Crippen LogP contribution is 2.43. The van der Waals surface area contributed by atoms with Crippen molar-refractivity contribution in [2.45, 2.75) is 26.2 Å². The summed E-state index contributed by atoms with van der Waals surface area (Å²) in [6.45, 7) is 5.43. The normalized spacial score (nSPS) is 12.0. The van der Waals surface area contributed by atoms with Crippen LogP contribution in [0, 0.1) is 6.92 Å². The van der Waals surface area contributed by atoms with Gasteiger partial charge in [0.2, 0.25) is 0 Å². The average molecular weight is 701 g/mol. The van der Waals surface area contributed by atoms with Gasteiger partial charge >= 0.3 is 15.2 Å². The fraction of sp³-hybridized carbons (Fsp3) is 0.135. The molecule has 252 valence electrons. The number of ketones is 2. The third-order valence-electron chi connectivity index (χ3n) is 8.25. The molecule has 0 saturated carbocycles. The molecule has 49 heavy (non-hydrogen) atoms. The maximum Gasteiger partial charge on any atom is 0.359 e. The lowest BCUT2D eigenvalue weighted by Crippen LogP contribution is -2.23. The van der Waals surface area contributed by atoms with E-state index in [2.05, 4.69) is 0 Å². The number of ether oxygens (including phenoxy) is 2. The lowest BCUT2D eigenvalue weighted by Gasteiger charge is -2.28. The monoisotopic (exact) mass is 700 g/mol. The Balaban J connectivity index is 1.39. The van der Waals surface area contributed by atoms with Gasteiger partial charge in [-0.3, -0.25) is 18.7 Å². The number of benzene rings is 5. The third kappa shape index (κ3) is 7.82. The van der Waals surface area contributed by atoms with Gasteiger partial charge in [-0.2, -0.15) is 0 Å². The van der Waals surface area contributed by atoms with Crippen molar-refractivity contribution in [2.24, 2.45) is 0 Å². The highest BCUT2D eigenvalue weighted by molar-refractivity contribution is 7.60. The molecule has 0 aliphatic rings. The summed E-state index contributed by atoms with van der Waals surface area (Å²) in [5, 5.41) is -0.696. The molecule has 0 aliphatic carbocycles. The number of methoxy groups -OCH3 is 1. The molecule has 10 nitrogen and oxygen atoms in total. The summed E-state index contributed by atoms with van der Waals surface area (Å²) >= 11 is 0. The minimum atomic E-state index is -4.88. The van der Waals surface area contributed by atoms with Crippen LogP contribution in [0.2, 0.25) is 0 Å². The van der Waals surface area contributed by atoms with Gasteiger partial charge < -0.3 is 29.0 Å². The van der Waals surface area contributed by atoms with E-state index in [4.69, 9.17) is 9.47 Å². The smallest absolute Gasteiger partial charge is 0.359 e. The van der Waals surface area contributed by atoms with Crippen molar-refractivity contribution in [3.63, 3.8) is 0 Å². The van der Waals surface area contributed by atoms with Gasteiger partial charge in [-0.25, -0.2) is 0 Å². The van der Waals surface area contributed by atoms with E-state index in [1.165, 1.54) is 55.6 Å². The maximum absolute atomic E-state index is 13.3. The first-order valence-corrected chi connectivity index (χ1v) is 18.2. The second-order valence-electron chi connectivity index (χ2n) is 12.0. The topological polar surface area (TPSA) is 168 Å². The van der Waals surface area contributed by atoms with E-state index in [1.807, 2.05) is 19.1 Å². The Morgan fingerprint density at radius 3 is 1.51 bits per heavy atom. The quantitative estimate of drug-likeness (QED) is 0.0922. The fourth-order valence-corrected chi connectivity index (χ4v) is 6.81. The summed E-state index contributed by atoms with van der Waals surface area (Å²) in [5.41, 5.74) is 2.51. The number of hydrogen-bond donors (Lipinski definition) is 4. The van der Waals surface area contributed by atoms with E-state index in [0.29, 0.717) is 33.4 Å². The molecule has 0 unspecified atom stereocenters. The molecule has 0 amide bonds. The minimum absolute atomic E-state index is 0.0157. The van der Waals surface area contributed by atoms with Crippen LogP contribution in [0.15, 0.2) is 109 Å². The number of aryl methyl sites for hydroxylation is 1. The highest BCUT2D eigenvalue weighted by Gasteiger charge is 2.32. The third-order valence-corrected chi connectivity index (χ3v) is 10.2. The average Bonchev–Trinajstić information content (AvgIpc) is 3.07. The molecule has 0 heterocycles. The molecule has 0 aromatic heterocycles. The number of rotatable bonds is 11. The number of hydrogen-bond acceptors (Lipinski definition) is 6. The van der Waals surface area contributed by atoms with Crippen molar-refractivity contribution in [1.29, 1.82) is 0 Å². The molecule has 12 heteroatoms. The van der Waals surface area contributed by atoms with Crippen LogP contribution in [0.1, 0.15) is 62.4 Å². The zero-order valence-electron chi connectivity index (χ0n) is 27.0. The molecular formula is C37H34O10P2. The summed E-state index contributed by atoms with van der Waals surface area (Å²) < 4.78 is 35.8. The first-order chi connectivity index (χ1) is 23.0. The van der Waals surface area contributed by atoms with Crippen LogP contribution >= 0.6 is 15.2 Å². The zero-order valence-corrected chi connectivity index (χ0v) is 28.8. The predicted octanol–water partition coefficient (Wildman–Crippen LogP) is 6.19. The van der Waals surface area contributed by atoms with Crippen LogP contribution in [-0.4, -0.2) is 38.2 Å². The maximum atomic E-state index is 13.3. The first kappa shape index (κ1) is 35.6. The van der Waals surface area contributed by atoms with Gasteiger partial charge in [-0.05, 0) is 72.6 Å². The molecule has 0 spiro atoms. The van der Waals surface area contributed by atoms with Crippen molar-refractivity contribution in [3.05, 3.63) is 148 Å². The van der Waals surface area contributed by atoms with E-state index in [-0.39, 0.29) is 34.1 Å². The van der Waals surface area contributed by atoms with Gasteiger partial charge in [-0.1, -0.05) is 74.0 Å². The molecule has 5 aromatic carbocycles. The highest BCUT2D eigenvalue weighted by atomic mass is 31.2. The lowest BCUT2D eigenvalue weighted by atomic mass is 9.78. The summed E-state index contributed by atoms with van der Waals surface area (Å²) in [5.74, 6) is -0.415. The van der Waals surface area contributed by atoms with Gasteiger partial charge in [0.05, 0.1) is 7.11 Å². The molecule has 0 radical (unpaired) electrons. The van der Waals surface area contributed by atoms with Crippen molar-refractivity contribution in [2.75, 3.05) is 7.11 Å². The number of carbonyl (C=O) groups is 2. The fourth-order valence-electron chi connectivity index (χ4n) is 5.33. The van der Waals surface area contributed by atoms with E-state index < -0.39 is 25.9 Å². The van der Waals surface area contributed by atoms with E-state index in [9.17, 15) is 38.3 Å². The van der Waals surface area contributed by atoms with Gasteiger partial charge in [0.25, 0.3) is 0 Å². The molecule has 5 rings (SSSR count). The summed E-state index contributed by atoms with van der Waals surface area (Å²) in [4.78, 5) is 66.5. The van der Waals surface area contributed by atoms with Crippen molar-refractivity contribution in [3.8, 4) is 17.2 Å². The van der Waals surface area contributed by atoms with Gasteiger partial charge in [0.15, 0.2) is 11.6 Å². The zero-order chi connectivity index (χ0) is 35.7. The van der Waals surface area contributed by atoms with Crippen molar-refractivity contribution < 1.29 is 47.8 Å². The van der Waals surface area contributed by atoms with Crippen LogP contribution in [0.3, 0.4) is 0 Å². The SMILES string of the molecule is COc1ccc(C(C)(C)c2ccc(Oc3ccc(C(=O)c4cccc(C(=O)c5ccc(C)cc5)c4)cc3)c(P(=O)(O)O)c2)cc1P(=O)(O)O. The standard InChI is InChI=1S/C37H34O10P2/c1-23-8-10-24(11-9-23)35(38)26-6-5-7-27(20-26)36(39)25-12-16-30(17-13-25)47-32-19-15-29(22-34(32)49(43,44)45)37(2,3)28-14-18-31(46-4)33(21-28)48(40,41)42/h5-22H,1-4H3,(H2,40,41,42)(H2,43,44,45). The molecule has 0 fully saturated rings.